The molecule has 3 fully saturated rings. The lowest BCUT2D eigenvalue weighted by molar-refractivity contribution is -0.137. The number of aliphatic hydroxyl groups is 1. The second-order valence-corrected chi connectivity index (χ2v) is 11.0. The molecule has 0 unspecified atom stereocenters. The van der Waals surface area contributed by atoms with Crippen molar-refractivity contribution in [1.82, 2.24) is 0 Å². The SMILES string of the molecule is C[C@]12CC[C@H](O)CC1=CC[C@@H]1[C@@H]2CC[C@]2(C)/C(=N\N=C/c3ccccc3C(F)(F)F)CC[C@@H]12. The minimum Gasteiger partial charge on any atom is -0.393 e. The van der Waals surface area contributed by atoms with Gasteiger partial charge in [-0.05, 0) is 80.6 Å². The first-order chi connectivity index (χ1) is 15.6. The average Bonchev–Trinajstić information content (AvgIpc) is 3.10. The molecule has 0 amide bonds. The Bertz CT molecular complexity index is 1010. The van der Waals surface area contributed by atoms with E-state index in [9.17, 15) is 18.3 Å². The zero-order valence-corrected chi connectivity index (χ0v) is 19.4. The van der Waals surface area contributed by atoms with Crippen molar-refractivity contribution in [1.29, 1.82) is 0 Å². The third-order valence-electron chi connectivity index (χ3n) is 9.46. The molecule has 3 saturated carbocycles. The van der Waals surface area contributed by atoms with E-state index in [-0.39, 0.29) is 22.5 Å². The van der Waals surface area contributed by atoms with Crippen LogP contribution in [0.2, 0.25) is 0 Å². The predicted octanol–water partition coefficient (Wildman–Crippen LogP) is 6.80. The van der Waals surface area contributed by atoms with Crippen LogP contribution in [0.25, 0.3) is 0 Å². The van der Waals surface area contributed by atoms with E-state index in [0.717, 1.165) is 63.1 Å². The molecule has 4 aliphatic carbocycles. The molecule has 33 heavy (non-hydrogen) atoms. The lowest BCUT2D eigenvalue weighted by atomic mass is 9.48. The summed E-state index contributed by atoms with van der Waals surface area (Å²) in [7, 11) is 0. The molecule has 4 aliphatic rings. The average molecular weight is 459 g/mol. The molecule has 0 saturated heterocycles. The van der Waals surface area contributed by atoms with Gasteiger partial charge in [0.2, 0.25) is 0 Å². The van der Waals surface area contributed by atoms with Crippen molar-refractivity contribution >= 4 is 11.9 Å². The summed E-state index contributed by atoms with van der Waals surface area (Å²) in [6.07, 6.45) is 7.05. The highest BCUT2D eigenvalue weighted by Gasteiger charge is 2.57. The number of nitrogens with zero attached hydrogens (tertiary/aromatic N) is 2. The van der Waals surface area contributed by atoms with Crippen molar-refractivity contribution in [2.24, 2.45) is 38.8 Å². The van der Waals surface area contributed by atoms with Crippen LogP contribution in [0, 0.1) is 28.6 Å². The minimum atomic E-state index is -4.41. The Morgan fingerprint density at radius 1 is 1.03 bits per heavy atom. The standard InChI is InChI=1S/C27H33F3N2O/c1-25-13-11-19(33)15-18(25)7-8-20-22-9-10-24(26(22,2)14-12-23(20)25)32-31-16-17-5-3-4-6-21(17)27(28,29)30/h3-7,16,19-20,22-23,33H,8-15H2,1-2H3/b31-16-,32-24-/t19-,20-,22-,23-,25-,26-/m0/s1. The van der Waals surface area contributed by atoms with Gasteiger partial charge in [-0.15, -0.1) is 0 Å². The van der Waals surface area contributed by atoms with Crippen LogP contribution in [0.4, 0.5) is 13.2 Å². The predicted molar refractivity (Wildman–Crippen MR) is 124 cm³/mol. The van der Waals surface area contributed by atoms with Crippen molar-refractivity contribution < 1.29 is 18.3 Å². The zero-order chi connectivity index (χ0) is 23.4. The lowest BCUT2D eigenvalue weighted by Crippen LogP contribution is -2.50. The summed E-state index contributed by atoms with van der Waals surface area (Å²) in [5, 5.41) is 18.8. The monoisotopic (exact) mass is 458 g/mol. The van der Waals surface area contributed by atoms with E-state index >= 15 is 0 Å². The van der Waals surface area contributed by atoms with Gasteiger partial charge >= 0.3 is 6.18 Å². The number of rotatable bonds is 2. The van der Waals surface area contributed by atoms with Crippen molar-refractivity contribution in [3.63, 3.8) is 0 Å². The Hall–Kier alpha value is -1.95. The highest BCUT2D eigenvalue weighted by atomic mass is 19.4. The van der Waals surface area contributed by atoms with Crippen molar-refractivity contribution in [3.8, 4) is 0 Å². The number of hydrogen-bond acceptors (Lipinski definition) is 3. The second kappa shape index (κ2) is 8.07. The van der Waals surface area contributed by atoms with Crippen LogP contribution in [0.15, 0.2) is 46.1 Å². The number of aliphatic hydroxyl groups excluding tert-OH is 1. The van der Waals surface area contributed by atoms with Gasteiger partial charge < -0.3 is 5.11 Å². The van der Waals surface area contributed by atoms with Crippen molar-refractivity contribution in [3.05, 3.63) is 47.0 Å². The Balaban J connectivity index is 1.38. The van der Waals surface area contributed by atoms with E-state index in [2.05, 4.69) is 30.1 Å². The van der Waals surface area contributed by atoms with E-state index in [4.69, 9.17) is 0 Å². The third-order valence-corrected chi connectivity index (χ3v) is 9.46. The molecule has 1 N–H and O–H groups in total. The molecule has 0 bridgehead atoms. The largest absolute Gasteiger partial charge is 0.417 e. The van der Waals surface area contributed by atoms with Gasteiger partial charge in [0.1, 0.15) is 0 Å². The van der Waals surface area contributed by atoms with Crippen molar-refractivity contribution in [2.75, 3.05) is 0 Å². The quantitative estimate of drug-likeness (QED) is 0.296. The minimum absolute atomic E-state index is 0.0298. The summed E-state index contributed by atoms with van der Waals surface area (Å²) < 4.78 is 39.8. The maximum absolute atomic E-state index is 13.3. The first-order valence-electron chi connectivity index (χ1n) is 12.3. The fourth-order valence-corrected chi connectivity index (χ4v) is 7.62. The molecule has 0 spiro atoms. The highest BCUT2D eigenvalue weighted by molar-refractivity contribution is 5.93. The second-order valence-electron chi connectivity index (χ2n) is 11.0. The Morgan fingerprint density at radius 2 is 1.76 bits per heavy atom. The van der Waals surface area contributed by atoms with Crippen molar-refractivity contribution in [2.45, 2.75) is 77.5 Å². The maximum Gasteiger partial charge on any atom is 0.417 e. The van der Waals surface area contributed by atoms with E-state index < -0.39 is 11.7 Å². The van der Waals surface area contributed by atoms with Gasteiger partial charge in [0.15, 0.2) is 0 Å². The normalized spacial score (nSPS) is 39.8. The van der Waals surface area contributed by atoms with Crippen LogP contribution in [-0.2, 0) is 6.18 Å². The topological polar surface area (TPSA) is 45.0 Å². The van der Waals surface area contributed by atoms with Crippen LogP contribution >= 0.6 is 0 Å². The smallest absolute Gasteiger partial charge is 0.393 e. The van der Waals surface area contributed by atoms with Gasteiger partial charge in [-0.2, -0.15) is 23.4 Å². The fraction of sp³-hybridized carbons (Fsp3) is 0.630. The number of fused-ring (bicyclic) bond motifs is 5. The van der Waals surface area contributed by atoms with Crippen LogP contribution in [0.1, 0.15) is 76.3 Å². The Morgan fingerprint density at radius 3 is 2.55 bits per heavy atom. The summed E-state index contributed by atoms with van der Waals surface area (Å²) >= 11 is 0. The van der Waals surface area contributed by atoms with Crippen LogP contribution in [0.5, 0.6) is 0 Å². The summed E-state index contributed by atoms with van der Waals surface area (Å²) in [6, 6.07) is 5.50. The molecule has 178 valence electrons. The molecule has 6 atom stereocenters. The third kappa shape index (κ3) is 3.78. The highest BCUT2D eigenvalue weighted by Crippen LogP contribution is 2.64. The van der Waals surface area contributed by atoms with Gasteiger partial charge in [-0.1, -0.05) is 43.7 Å². The number of alkyl halides is 3. The van der Waals surface area contributed by atoms with E-state index in [1.165, 1.54) is 23.9 Å². The molecule has 1 aromatic rings. The van der Waals surface area contributed by atoms with Gasteiger partial charge in [-0.3, -0.25) is 0 Å². The van der Waals surface area contributed by atoms with E-state index in [1.54, 1.807) is 6.07 Å². The molecule has 0 aromatic heterocycles. The number of allylic oxidation sites excluding steroid dienone is 1. The first-order valence-corrected chi connectivity index (χ1v) is 12.3. The van der Waals surface area contributed by atoms with Gasteiger partial charge in [-0.25, -0.2) is 0 Å². The Labute approximate surface area is 193 Å². The molecule has 1 aromatic carbocycles. The summed E-state index contributed by atoms with van der Waals surface area (Å²) in [6.45, 7) is 4.71. The number of benzene rings is 1. The Kier molecular flexibility index (Phi) is 5.58. The molecule has 0 aliphatic heterocycles. The molecule has 6 heteroatoms. The van der Waals surface area contributed by atoms with Crippen LogP contribution < -0.4 is 0 Å². The van der Waals surface area contributed by atoms with Gasteiger partial charge in [0, 0.05) is 16.7 Å². The van der Waals surface area contributed by atoms with E-state index in [1.807, 2.05) is 0 Å². The fourth-order valence-electron chi connectivity index (χ4n) is 7.62. The number of halogens is 3. The lowest BCUT2D eigenvalue weighted by Gasteiger charge is -2.57. The molecule has 0 heterocycles. The van der Waals surface area contributed by atoms with E-state index in [0.29, 0.717) is 17.8 Å². The van der Waals surface area contributed by atoms with Gasteiger partial charge in [0.25, 0.3) is 0 Å². The molecule has 3 nitrogen and oxygen atoms in total. The molecular weight excluding hydrogens is 425 g/mol. The summed E-state index contributed by atoms with van der Waals surface area (Å²) in [4.78, 5) is 0. The zero-order valence-electron chi connectivity index (χ0n) is 19.4. The summed E-state index contributed by atoms with van der Waals surface area (Å²) in [5.74, 6) is 1.79. The molecule has 5 rings (SSSR count). The molecule has 0 radical (unpaired) electrons. The van der Waals surface area contributed by atoms with Crippen LogP contribution in [0.3, 0.4) is 0 Å². The molecular formula is C27H33F3N2O. The van der Waals surface area contributed by atoms with Gasteiger partial charge in [0.05, 0.1) is 17.9 Å². The summed E-state index contributed by atoms with van der Waals surface area (Å²) in [5.41, 5.74) is 2.05. The maximum atomic E-state index is 13.3. The number of hydrogen-bond donors (Lipinski definition) is 1. The first kappa shape index (κ1) is 22.8. The van der Waals surface area contributed by atoms with Crippen LogP contribution in [-0.4, -0.2) is 23.1 Å².